The lowest BCUT2D eigenvalue weighted by Crippen LogP contribution is -2.71. The summed E-state index contributed by atoms with van der Waals surface area (Å²) in [6, 6.07) is -0.521. The van der Waals surface area contributed by atoms with Crippen molar-refractivity contribution in [3.05, 3.63) is 0 Å². The van der Waals surface area contributed by atoms with Crippen LogP contribution in [0.2, 0.25) is 0 Å². The van der Waals surface area contributed by atoms with Gasteiger partial charge in [-0.05, 0) is 13.8 Å². The summed E-state index contributed by atoms with van der Waals surface area (Å²) in [4.78, 5) is 25.4. The molecule has 2 fully saturated rings. The van der Waals surface area contributed by atoms with Crippen LogP contribution in [-0.2, 0) is 19.1 Å². The zero-order chi connectivity index (χ0) is 11.9. The number of nitrogens with one attached hydrogen (secondary N) is 1. The van der Waals surface area contributed by atoms with Gasteiger partial charge >= 0.3 is 0 Å². The van der Waals surface area contributed by atoms with Gasteiger partial charge in [-0.15, -0.1) is 0 Å². The molecule has 2 rings (SSSR count). The second-order valence-corrected chi connectivity index (χ2v) is 4.59. The number of methoxy groups -OCH3 is 1. The van der Waals surface area contributed by atoms with Crippen molar-refractivity contribution in [1.82, 2.24) is 10.2 Å². The fraction of sp³-hybridized carbons (Fsp3) is 0.800. The minimum atomic E-state index is -0.844. The third-order valence-electron chi connectivity index (χ3n) is 2.96. The van der Waals surface area contributed by atoms with Gasteiger partial charge in [0.15, 0.2) is 6.29 Å². The van der Waals surface area contributed by atoms with Crippen LogP contribution >= 0.6 is 0 Å². The summed E-state index contributed by atoms with van der Waals surface area (Å²) >= 11 is 0. The summed E-state index contributed by atoms with van der Waals surface area (Å²) in [6.45, 7) is 3.88. The average Bonchev–Trinajstić information content (AvgIpc) is 2.25. The largest absolute Gasteiger partial charge is 0.354 e. The van der Waals surface area contributed by atoms with Gasteiger partial charge in [0, 0.05) is 7.11 Å². The fourth-order valence-electron chi connectivity index (χ4n) is 2.02. The van der Waals surface area contributed by atoms with Crippen LogP contribution in [0.5, 0.6) is 0 Å². The lowest BCUT2D eigenvalue weighted by Gasteiger charge is -2.46. The van der Waals surface area contributed by atoms with Crippen molar-refractivity contribution in [2.45, 2.75) is 31.7 Å². The molecule has 6 nitrogen and oxygen atoms in total. The number of hydrogen-bond donors (Lipinski definition) is 1. The summed E-state index contributed by atoms with van der Waals surface area (Å²) in [6.07, 6.45) is -0.443. The molecule has 2 aliphatic heterocycles. The van der Waals surface area contributed by atoms with Gasteiger partial charge in [-0.25, -0.2) is 0 Å². The normalized spacial score (nSPS) is 33.3. The van der Waals surface area contributed by atoms with Gasteiger partial charge in [-0.1, -0.05) is 0 Å². The van der Waals surface area contributed by atoms with Crippen molar-refractivity contribution >= 4 is 11.8 Å². The van der Waals surface area contributed by atoms with Crippen LogP contribution in [0.15, 0.2) is 0 Å². The quantitative estimate of drug-likeness (QED) is 0.631. The molecule has 90 valence electrons. The smallest absolute Gasteiger partial charge is 0.248 e. The molecular weight excluding hydrogens is 212 g/mol. The highest BCUT2D eigenvalue weighted by Gasteiger charge is 2.48. The van der Waals surface area contributed by atoms with E-state index >= 15 is 0 Å². The highest BCUT2D eigenvalue weighted by molar-refractivity contribution is 5.99. The van der Waals surface area contributed by atoms with E-state index in [1.54, 1.807) is 13.8 Å². The average molecular weight is 228 g/mol. The van der Waals surface area contributed by atoms with Crippen molar-refractivity contribution in [3.8, 4) is 0 Å². The second-order valence-electron chi connectivity index (χ2n) is 4.59. The molecule has 0 spiro atoms. The van der Waals surface area contributed by atoms with Crippen molar-refractivity contribution in [2.24, 2.45) is 0 Å². The first-order valence-corrected chi connectivity index (χ1v) is 5.23. The summed E-state index contributed by atoms with van der Waals surface area (Å²) < 4.78 is 10.4. The number of hydrogen-bond acceptors (Lipinski definition) is 4. The van der Waals surface area contributed by atoms with Crippen LogP contribution in [0.3, 0.4) is 0 Å². The Kier molecular flexibility index (Phi) is 2.63. The molecule has 0 radical (unpaired) electrons. The second kappa shape index (κ2) is 3.71. The molecule has 2 amide bonds. The van der Waals surface area contributed by atoms with Crippen LogP contribution in [0.25, 0.3) is 0 Å². The molecule has 6 heteroatoms. The number of fused-ring (bicyclic) bond motifs is 1. The Morgan fingerprint density at radius 1 is 1.50 bits per heavy atom. The van der Waals surface area contributed by atoms with Crippen LogP contribution in [-0.4, -0.2) is 54.8 Å². The predicted octanol–water partition coefficient (Wildman–Crippen LogP) is -0.905. The zero-order valence-corrected chi connectivity index (χ0v) is 9.65. The molecule has 0 aromatic carbocycles. The van der Waals surface area contributed by atoms with E-state index in [1.165, 1.54) is 12.0 Å². The molecule has 2 atom stereocenters. The number of carbonyl (C=O) groups is 2. The Labute approximate surface area is 93.9 Å². The molecule has 2 saturated heterocycles. The van der Waals surface area contributed by atoms with Crippen molar-refractivity contribution in [3.63, 3.8) is 0 Å². The summed E-state index contributed by atoms with van der Waals surface area (Å²) in [5.41, 5.74) is -0.844. The molecule has 1 N–H and O–H groups in total. The topological polar surface area (TPSA) is 67.9 Å². The van der Waals surface area contributed by atoms with Gasteiger partial charge in [-0.3, -0.25) is 9.59 Å². The van der Waals surface area contributed by atoms with Gasteiger partial charge in [0.1, 0.15) is 11.6 Å². The number of morpholine rings is 1. The third-order valence-corrected chi connectivity index (χ3v) is 2.96. The molecule has 2 aliphatic rings. The fourth-order valence-corrected chi connectivity index (χ4v) is 2.02. The molecular formula is C10H16N2O4. The van der Waals surface area contributed by atoms with Crippen molar-refractivity contribution in [2.75, 3.05) is 20.3 Å². The lowest BCUT2D eigenvalue weighted by molar-refractivity contribution is -0.199. The number of amides is 2. The van der Waals surface area contributed by atoms with Gasteiger partial charge in [0.05, 0.1) is 13.2 Å². The van der Waals surface area contributed by atoms with Crippen LogP contribution < -0.4 is 5.32 Å². The number of piperazine rings is 1. The van der Waals surface area contributed by atoms with E-state index in [0.29, 0.717) is 6.54 Å². The monoisotopic (exact) mass is 228 g/mol. The summed E-state index contributed by atoms with van der Waals surface area (Å²) in [7, 11) is 1.52. The van der Waals surface area contributed by atoms with E-state index in [1.807, 2.05) is 0 Å². The maximum Gasteiger partial charge on any atom is 0.248 e. The number of nitrogens with zero attached hydrogens (tertiary/aromatic N) is 1. The molecule has 0 aromatic heterocycles. The maximum atomic E-state index is 12.1. The molecule has 0 saturated carbocycles. The van der Waals surface area contributed by atoms with Gasteiger partial charge in [0.25, 0.3) is 0 Å². The van der Waals surface area contributed by atoms with Crippen LogP contribution in [0, 0.1) is 0 Å². The molecule has 0 aromatic rings. The molecule has 0 unspecified atom stereocenters. The number of carbonyl (C=O) groups excluding carboxylic acids is 2. The maximum absolute atomic E-state index is 12.1. The van der Waals surface area contributed by atoms with E-state index in [-0.39, 0.29) is 18.4 Å². The Balaban J connectivity index is 2.21. The lowest BCUT2D eigenvalue weighted by atomic mass is 9.96. The number of rotatable bonds is 1. The predicted molar refractivity (Wildman–Crippen MR) is 54.5 cm³/mol. The van der Waals surface area contributed by atoms with E-state index in [0.717, 1.165) is 0 Å². The Hall–Kier alpha value is -1.14. The SMILES string of the molecule is CO[C@H]1CN2C(=O)C(C)(C)NC(=O)[C@H]2CO1. The number of ether oxygens (including phenoxy) is 2. The molecule has 0 aliphatic carbocycles. The van der Waals surface area contributed by atoms with E-state index < -0.39 is 17.9 Å². The van der Waals surface area contributed by atoms with Crippen molar-refractivity contribution in [1.29, 1.82) is 0 Å². The Bertz CT molecular complexity index is 329. The first-order valence-electron chi connectivity index (χ1n) is 5.23. The van der Waals surface area contributed by atoms with E-state index in [4.69, 9.17) is 9.47 Å². The highest BCUT2D eigenvalue weighted by Crippen LogP contribution is 2.22. The van der Waals surface area contributed by atoms with E-state index in [2.05, 4.69) is 5.32 Å². The zero-order valence-electron chi connectivity index (χ0n) is 9.65. The van der Waals surface area contributed by atoms with Crippen molar-refractivity contribution < 1.29 is 19.1 Å². The highest BCUT2D eigenvalue weighted by atomic mass is 16.7. The summed E-state index contributed by atoms with van der Waals surface area (Å²) in [5.74, 6) is -0.262. The summed E-state index contributed by atoms with van der Waals surface area (Å²) in [5, 5.41) is 2.69. The van der Waals surface area contributed by atoms with E-state index in [9.17, 15) is 9.59 Å². The standard InChI is InChI=1S/C10H16N2O4/c1-10(2)9(14)12-4-7(15-3)16-5-6(12)8(13)11-10/h6-7H,4-5H2,1-3H3,(H,11,13)/t6-,7-/m1/s1. The minimum Gasteiger partial charge on any atom is -0.354 e. The molecule has 2 heterocycles. The Morgan fingerprint density at radius 3 is 2.81 bits per heavy atom. The molecule has 0 bridgehead atoms. The third kappa shape index (κ3) is 1.68. The van der Waals surface area contributed by atoms with Gasteiger partial charge < -0.3 is 19.7 Å². The van der Waals surface area contributed by atoms with Crippen LogP contribution in [0.4, 0.5) is 0 Å². The van der Waals surface area contributed by atoms with Crippen LogP contribution in [0.1, 0.15) is 13.8 Å². The van der Waals surface area contributed by atoms with Gasteiger partial charge in [-0.2, -0.15) is 0 Å². The van der Waals surface area contributed by atoms with Gasteiger partial charge in [0.2, 0.25) is 11.8 Å². The first kappa shape index (κ1) is 11.3. The first-order chi connectivity index (χ1) is 7.45. The Morgan fingerprint density at radius 2 is 2.19 bits per heavy atom. The molecule has 16 heavy (non-hydrogen) atoms. The minimum absolute atomic E-state index is 0.0950.